The second-order valence-corrected chi connectivity index (χ2v) is 5.86. The molecular weight excluding hydrogens is 344 g/mol. The first-order valence-corrected chi connectivity index (χ1v) is 7.84. The van der Waals surface area contributed by atoms with Gasteiger partial charge in [-0.2, -0.15) is 5.10 Å². The summed E-state index contributed by atoms with van der Waals surface area (Å²) in [5.74, 6) is 6.01. The number of nitrogens with zero attached hydrogens (tertiary/aromatic N) is 2. The number of benzene rings is 1. The lowest BCUT2D eigenvalue weighted by molar-refractivity contribution is -0.113. The quantitative estimate of drug-likeness (QED) is 0.421. The van der Waals surface area contributed by atoms with Gasteiger partial charge in [0.25, 0.3) is 5.91 Å². The van der Waals surface area contributed by atoms with E-state index in [-0.39, 0.29) is 11.7 Å². The number of amides is 1. The monoisotopic (exact) mass is 360 g/mol. The number of rotatable bonds is 3. The Bertz CT molecular complexity index is 873. The molecular formula is C16H17ClN6O2. The first-order chi connectivity index (χ1) is 12.0. The van der Waals surface area contributed by atoms with E-state index in [0.717, 1.165) is 0 Å². The van der Waals surface area contributed by atoms with Gasteiger partial charge in [-0.15, -0.1) is 0 Å². The molecule has 1 aliphatic heterocycles. The Labute approximate surface area is 148 Å². The van der Waals surface area contributed by atoms with Crippen LogP contribution in [0.25, 0.3) is 11.3 Å². The minimum absolute atomic E-state index is 0.0199. The van der Waals surface area contributed by atoms with E-state index in [1.165, 1.54) is 17.3 Å². The molecule has 1 aromatic carbocycles. The van der Waals surface area contributed by atoms with Crippen molar-refractivity contribution < 1.29 is 9.90 Å². The number of hydrogen-bond acceptors (Lipinski definition) is 6. The van der Waals surface area contributed by atoms with Gasteiger partial charge in [-0.3, -0.25) is 14.9 Å². The Kier molecular flexibility index (Phi) is 4.64. The first kappa shape index (κ1) is 16.9. The van der Waals surface area contributed by atoms with Crippen LogP contribution in [-0.4, -0.2) is 32.8 Å². The minimum atomic E-state index is -0.350. The topological polar surface area (TPSA) is 119 Å². The van der Waals surface area contributed by atoms with E-state index in [0.29, 0.717) is 39.9 Å². The molecule has 0 saturated carbocycles. The fourth-order valence-corrected chi connectivity index (χ4v) is 2.60. The normalized spacial score (nSPS) is 15.7. The van der Waals surface area contributed by atoms with Crippen LogP contribution in [0.3, 0.4) is 0 Å². The molecule has 0 unspecified atom stereocenters. The molecule has 3 rings (SSSR count). The number of halogens is 1. The largest absolute Gasteiger partial charge is 0.507 e. The van der Waals surface area contributed by atoms with Crippen molar-refractivity contribution in [2.24, 2.45) is 5.84 Å². The summed E-state index contributed by atoms with van der Waals surface area (Å²) in [7, 11) is 0. The lowest BCUT2D eigenvalue weighted by atomic mass is 10.1. The molecule has 2 heterocycles. The van der Waals surface area contributed by atoms with Crippen LogP contribution in [0.15, 0.2) is 48.1 Å². The number of aromatic amines is 1. The second-order valence-electron chi connectivity index (χ2n) is 5.42. The molecule has 1 amide bonds. The summed E-state index contributed by atoms with van der Waals surface area (Å²) in [4.78, 5) is 12.5. The summed E-state index contributed by atoms with van der Waals surface area (Å²) in [6.07, 6.45) is 4.97. The number of nitrogens with one attached hydrogen (secondary N) is 3. The van der Waals surface area contributed by atoms with E-state index in [1.807, 2.05) is 6.08 Å². The van der Waals surface area contributed by atoms with Crippen LogP contribution in [0.4, 0.5) is 5.69 Å². The van der Waals surface area contributed by atoms with Crippen molar-refractivity contribution in [2.75, 3.05) is 11.9 Å². The number of anilines is 1. The summed E-state index contributed by atoms with van der Waals surface area (Å²) < 4.78 is 0. The van der Waals surface area contributed by atoms with Crippen LogP contribution in [0, 0.1) is 0 Å². The summed E-state index contributed by atoms with van der Waals surface area (Å²) in [6, 6.07) is 4.63. The maximum Gasteiger partial charge on any atom is 0.255 e. The van der Waals surface area contributed by atoms with E-state index in [2.05, 4.69) is 20.8 Å². The van der Waals surface area contributed by atoms with Crippen LogP contribution < -0.4 is 16.5 Å². The van der Waals surface area contributed by atoms with Crippen molar-refractivity contribution in [1.82, 2.24) is 20.5 Å². The zero-order valence-corrected chi connectivity index (χ0v) is 14.1. The average molecular weight is 361 g/mol. The molecule has 9 heteroatoms. The number of H-pyrrole nitrogens is 1. The van der Waals surface area contributed by atoms with Crippen molar-refractivity contribution in [3.8, 4) is 17.0 Å². The van der Waals surface area contributed by atoms with Gasteiger partial charge in [-0.05, 0) is 31.2 Å². The number of carbonyl (C=O) groups is 1. The molecule has 6 N–H and O–H groups in total. The second kappa shape index (κ2) is 6.88. The summed E-state index contributed by atoms with van der Waals surface area (Å²) in [5, 5.41) is 24.3. The standard InChI is InChI=1S/C16H17ClN6O2/c1-9(15-19-5-2-6-23(15)18)16(25)21-12-8-20-22-14(12)11-7-10(17)3-4-13(11)24/h2-4,6-8,19,24H,5,18H2,1H3,(H,20,22)(H,21,25)/b15-9+. The molecule has 8 nitrogen and oxygen atoms in total. The number of phenolic OH excluding ortho intramolecular Hbond substituents is 1. The Morgan fingerprint density at radius 2 is 2.28 bits per heavy atom. The van der Waals surface area contributed by atoms with Gasteiger partial charge in [0.2, 0.25) is 0 Å². The highest BCUT2D eigenvalue weighted by Crippen LogP contribution is 2.34. The van der Waals surface area contributed by atoms with Gasteiger partial charge < -0.3 is 15.7 Å². The van der Waals surface area contributed by atoms with E-state index >= 15 is 0 Å². The van der Waals surface area contributed by atoms with Crippen molar-refractivity contribution >= 4 is 23.2 Å². The van der Waals surface area contributed by atoms with Gasteiger partial charge in [0, 0.05) is 23.3 Å². The number of hydrogen-bond donors (Lipinski definition) is 5. The number of phenols is 1. The fourth-order valence-electron chi connectivity index (χ4n) is 2.43. The molecule has 1 aromatic heterocycles. The van der Waals surface area contributed by atoms with Crippen molar-refractivity contribution in [2.45, 2.75) is 6.92 Å². The number of hydrazine groups is 1. The first-order valence-electron chi connectivity index (χ1n) is 7.46. The van der Waals surface area contributed by atoms with Crippen LogP contribution in [0.5, 0.6) is 5.75 Å². The lowest BCUT2D eigenvalue weighted by Crippen LogP contribution is -2.39. The third-order valence-electron chi connectivity index (χ3n) is 3.72. The number of carbonyl (C=O) groups excluding carboxylic acids is 1. The van der Waals surface area contributed by atoms with Gasteiger partial charge in [0.1, 0.15) is 11.6 Å². The predicted molar refractivity (Wildman–Crippen MR) is 95.2 cm³/mol. The SMILES string of the molecule is C/C(C(=O)Nc1cn[nH]c1-c1cc(Cl)ccc1O)=C1/NCC=CN1N. The molecule has 0 bridgehead atoms. The van der Waals surface area contributed by atoms with E-state index < -0.39 is 0 Å². The van der Waals surface area contributed by atoms with Crippen molar-refractivity contribution in [3.05, 3.63) is 53.1 Å². The molecule has 25 heavy (non-hydrogen) atoms. The molecule has 0 atom stereocenters. The minimum Gasteiger partial charge on any atom is -0.507 e. The van der Waals surface area contributed by atoms with E-state index in [9.17, 15) is 9.90 Å². The predicted octanol–water partition coefficient (Wildman–Crippen LogP) is 1.90. The maximum atomic E-state index is 12.5. The van der Waals surface area contributed by atoms with E-state index in [4.69, 9.17) is 17.4 Å². The molecule has 130 valence electrons. The van der Waals surface area contributed by atoms with Crippen LogP contribution >= 0.6 is 11.6 Å². The van der Waals surface area contributed by atoms with Gasteiger partial charge in [-0.1, -0.05) is 11.6 Å². The van der Waals surface area contributed by atoms with Gasteiger partial charge in [-0.25, -0.2) is 5.84 Å². The highest BCUT2D eigenvalue weighted by Gasteiger charge is 2.19. The molecule has 0 saturated heterocycles. The highest BCUT2D eigenvalue weighted by molar-refractivity contribution is 6.31. The molecule has 0 radical (unpaired) electrons. The summed E-state index contributed by atoms with van der Waals surface area (Å²) in [6.45, 7) is 2.24. The maximum absolute atomic E-state index is 12.5. The van der Waals surface area contributed by atoms with Gasteiger partial charge in [0.15, 0.2) is 0 Å². The van der Waals surface area contributed by atoms with Crippen molar-refractivity contribution in [1.29, 1.82) is 0 Å². The van der Waals surface area contributed by atoms with Gasteiger partial charge in [0.05, 0.1) is 23.2 Å². The van der Waals surface area contributed by atoms with Crippen LogP contribution in [0.1, 0.15) is 6.92 Å². The van der Waals surface area contributed by atoms with Crippen LogP contribution in [-0.2, 0) is 4.79 Å². The molecule has 2 aromatic rings. The number of aromatic nitrogens is 2. The molecule has 0 aliphatic carbocycles. The van der Waals surface area contributed by atoms with Crippen LogP contribution in [0.2, 0.25) is 5.02 Å². The summed E-state index contributed by atoms with van der Waals surface area (Å²) in [5.41, 5.74) is 1.71. The van der Waals surface area contributed by atoms with Gasteiger partial charge >= 0.3 is 0 Å². The highest BCUT2D eigenvalue weighted by atomic mass is 35.5. The molecule has 0 spiro atoms. The third kappa shape index (κ3) is 3.44. The zero-order valence-electron chi connectivity index (χ0n) is 13.4. The van der Waals surface area contributed by atoms with Crippen molar-refractivity contribution in [3.63, 3.8) is 0 Å². The smallest absolute Gasteiger partial charge is 0.255 e. The summed E-state index contributed by atoms with van der Waals surface area (Å²) >= 11 is 5.99. The van der Waals surface area contributed by atoms with E-state index in [1.54, 1.807) is 25.3 Å². The third-order valence-corrected chi connectivity index (χ3v) is 3.96. The number of aromatic hydroxyl groups is 1. The Hall–Kier alpha value is -2.97. The molecule has 0 fully saturated rings. The Balaban J connectivity index is 1.89. The fraction of sp³-hybridized carbons (Fsp3) is 0.125. The molecule has 1 aliphatic rings. The zero-order chi connectivity index (χ0) is 18.0. The number of nitrogens with two attached hydrogens (primary N) is 1. The Morgan fingerprint density at radius 1 is 1.48 bits per heavy atom. The Morgan fingerprint density at radius 3 is 3.04 bits per heavy atom. The lowest BCUT2D eigenvalue weighted by Gasteiger charge is -2.24. The average Bonchev–Trinajstić information content (AvgIpc) is 3.04.